The highest BCUT2D eigenvalue weighted by Gasteiger charge is 2.30. The van der Waals surface area contributed by atoms with Crippen molar-refractivity contribution in [2.24, 2.45) is 7.05 Å². The zero-order valence-corrected chi connectivity index (χ0v) is 21.1. The third-order valence-electron chi connectivity index (χ3n) is 7.76. The first-order valence-electron chi connectivity index (χ1n) is 12.0. The highest BCUT2D eigenvalue weighted by atomic mass is 15.0. The first-order valence-corrected chi connectivity index (χ1v) is 12.0. The predicted octanol–water partition coefficient (Wildman–Crippen LogP) is 7.29. The Morgan fingerprint density at radius 1 is 0.912 bits per heavy atom. The third kappa shape index (κ3) is 2.60. The molecule has 0 radical (unpaired) electrons. The molecule has 6 aromatic rings. The second-order valence-corrected chi connectivity index (χ2v) is 10.8. The summed E-state index contributed by atoms with van der Waals surface area (Å²) in [5.41, 5.74) is 11.2. The summed E-state index contributed by atoms with van der Waals surface area (Å²) in [6.07, 6.45) is 2.92. The van der Waals surface area contributed by atoms with Crippen LogP contribution in [0.3, 0.4) is 0 Å². The Morgan fingerprint density at radius 2 is 1.68 bits per heavy atom. The number of aromatic nitrogens is 2. The lowest BCUT2D eigenvalue weighted by Crippen LogP contribution is -2.29. The van der Waals surface area contributed by atoms with Gasteiger partial charge in [-0.3, -0.25) is 0 Å². The summed E-state index contributed by atoms with van der Waals surface area (Å²) in [5, 5.41) is 6.49. The van der Waals surface area contributed by atoms with E-state index in [1.54, 1.807) is 0 Å². The minimum atomic E-state index is -0.451. The van der Waals surface area contributed by atoms with E-state index in [1.807, 2.05) is 13.8 Å². The van der Waals surface area contributed by atoms with Gasteiger partial charge in [0.1, 0.15) is 7.05 Å². The van der Waals surface area contributed by atoms with Crippen molar-refractivity contribution in [1.82, 2.24) is 4.40 Å². The van der Waals surface area contributed by atoms with E-state index < -0.39 is 5.54 Å². The van der Waals surface area contributed by atoms with Crippen LogP contribution in [0.1, 0.15) is 41.7 Å². The highest BCUT2D eigenvalue weighted by Crippen LogP contribution is 2.44. The molecule has 0 amide bonds. The largest absolute Gasteiger partial charge is 0.311 e. The standard InChI is InChI=1S/C31H30N3/c1-17-9-10-23-24(13-17)34-28-19(3)14-18(2)20(4)25(28)29-27-21(11-12-33(29)8)15-22(26(23)30(27)34)16-31(5,6)32-7/h9-15H,16H2,1-6,8H3/q+1. The summed E-state index contributed by atoms with van der Waals surface area (Å²) < 4.78 is 4.82. The van der Waals surface area contributed by atoms with Gasteiger partial charge >= 0.3 is 0 Å². The van der Waals surface area contributed by atoms with Gasteiger partial charge in [0.2, 0.25) is 11.1 Å². The second-order valence-electron chi connectivity index (χ2n) is 10.8. The Labute approximate surface area is 200 Å². The molecule has 168 valence electrons. The lowest BCUT2D eigenvalue weighted by molar-refractivity contribution is -0.643. The molecule has 3 aromatic heterocycles. The fourth-order valence-electron chi connectivity index (χ4n) is 6.08. The smallest absolute Gasteiger partial charge is 0.231 e. The Kier molecular flexibility index (Phi) is 4.13. The number of aryl methyl sites for hydroxylation is 5. The van der Waals surface area contributed by atoms with E-state index in [0.29, 0.717) is 0 Å². The quantitative estimate of drug-likeness (QED) is 0.115. The van der Waals surface area contributed by atoms with Gasteiger partial charge in [-0.1, -0.05) is 18.2 Å². The first kappa shape index (κ1) is 20.9. The molecule has 0 saturated carbocycles. The molecule has 34 heavy (non-hydrogen) atoms. The van der Waals surface area contributed by atoms with Gasteiger partial charge in [-0.05, 0) is 73.0 Å². The third-order valence-corrected chi connectivity index (χ3v) is 7.76. The summed E-state index contributed by atoms with van der Waals surface area (Å²) in [6, 6.07) is 13.8. The predicted molar refractivity (Wildman–Crippen MR) is 143 cm³/mol. The molecule has 0 unspecified atom stereocenters. The number of benzene rings is 3. The molecule has 0 aliphatic carbocycles. The van der Waals surface area contributed by atoms with Crippen LogP contribution in [0.5, 0.6) is 0 Å². The van der Waals surface area contributed by atoms with Crippen LogP contribution < -0.4 is 4.57 Å². The molecule has 6 rings (SSSR count). The summed E-state index contributed by atoms with van der Waals surface area (Å²) in [4.78, 5) is 3.96. The van der Waals surface area contributed by atoms with Crippen molar-refractivity contribution in [3.8, 4) is 0 Å². The summed E-state index contributed by atoms with van der Waals surface area (Å²) in [7, 11) is 2.17. The summed E-state index contributed by atoms with van der Waals surface area (Å²) in [5.74, 6) is 0. The van der Waals surface area contributed by atoms with Crippen molar-refractivity contribution in [3.63, 3.8) is 0 Å². The van der Waals surface area contributed by atoms with E-state index in [-0.39, 0.29) is 0 Å². The monoisotopic (exact) mass is 444 g/mol. The fraction of sp³-hybridized carbons (Fsp3) is 0.290. The van der Waals surface area contributed by atoms with Crippen LogP contribution in [0, 0.1) is 34.3 Å². The molecule has 3 nitrogen and oxygen atoms in total. The van der Waals surface area contributed by atoms with Crippen LogP contribution in [0.15, 0.2) is 42.6 Å². The second kappa shape index (κ2) is 6.70. The number of fused-ring (bicyclic) bond motifs is 6. The molecule has 3 heteroatoms. The fourth-order valence-corrected chi connectivity index (χ4v) is 6.08. The Balaban J connectivity index is 2.04. The molecule has 0 atom stereocenters. The van der Waals surface area contributed by atoms with Crippen LogP contribution in [-0.2, 0) is 13.5 Å². The van der Waals surface area contributed by atoms with Crippen molar-refractivity contribution >= 4 is 49.0 Å². The molecule has 0 spiro atoms. The lowest BCUT2D eigenvalue weighted by atomic mass is 9.89. The van der Waals surface area contributed by atoms with E-state index >= 15 is 0 Å². The van der Waals surface area contributed by atoms with Gasteiger partial charge in [0.05, 0.1) is 33.7 Å². The highest BCUT2D eigenvalue weighted by molar-refractivity contribution is 6.28. The van der Waals surface area contributed by atoms with Crippen molar-refractivity contribution in [2.75, 3.05) is 0 Å². The maximum absolute atomic E-state index is 7.78. The molecular weight excluding hydrogens is 414 g/mol. The normalized spacial score (nSPS) is 12.6. The maximum Gasteiger partial charge on any atom is 0.231 e. The van der Waals surface area contributed by atoms with Crippen LogP contribution in [-0.4, -0.2) is 9.94 Å². The maximum atomic E-state index is 7.78. The van der Waals surface area contributed by atoms with Crippen LogP contribution in [0.25, 0.3) is 53.8 Å². The van der Waals surface area contributed by atoms with E-state index in [4.69, 9.17) is 6.57 Å². The van der Waals surface area contributed by atoms with Gasteiger partial charge in [0, 0.05) is 30.7 Å². The zero-order chi connectivity index (χ0) is 24.1. The van der Waals surface area contributed by atoms with E-state index in [2.05, 4.69) is 91.2 Å². The summed E-state index contributed by atoms with van der Waals surface area (Å²) >= 11 is 0. The number of nitrogens with zero attached hydrogens (tertiary/aromatic N) is 3. The number of hydrogen-bond donors (Lipinski definition) is 0. The molecule has 0 aliphatic heterocycles. The van der Waals surface area contributed by atoms with Gasteiger partial charge in [-0.2, -0.15) is 0 Å². The van der Waals surface area contributed by atoms with Gasteiger partial charge in [-0.25, -0.2) is 11.1 Å². The van der Waals surface area contributed by atoms with Crippen LogP contribution in [0.4, 0.5) is 0 Å². The molecular formula is C31H30N3+. The topological polar surface area (TPSA) is 12.7 Å². The van der Waals surface area contributed by atoms with Crippen LogP contribution >= 0.6 is 0 Å². The average Bonchev–Trinajstić information content (AvgIpc) is 3.12. The minimum absolute atomic E-state index is 0.451. The van der Waals surface area contributed by atoms with Gasteiger partial charge in [-0.15, -0.1) is 0 Å². The Bertz CT molecular complexity index is 1860. The van der Waals surface area contributed by atoms with Crippen LogP contribution in [0.2, 0.25) is 0 Å². The molecule has 0 N–H and O–H groups in total. The lowest BCUT2D eigenvalue weighted by Gasteiger charge is -2.18. The van der Waals surface area contributed by atoms with Crippen molar-refractivity contribution in [3.05, 3.63) is 81.8 Å². The average molecular weight is 445 g/mol. The van der Waals surface area contributed by atoms with E-state index in [9.17, 15) is 0 Å². The molecule has 0 bridgehead atoms. The minimum Gasteiger partial charge on any atom is -0.311 e. The number of hydrogen-bond acceptors (Lipinski definition) is 0. The Morgan fingerprint density at radius 3 is 2.41 bits per heavy atom. The van der Waals surface area contributed by atoms with Gasteiger partial charge in [0.25, 0.3) is 0 Å². The molecule has 0 saturated heterocycles. The van der Waals surface area contributed by atoms with Gasteiger partial charge < -0.3 is 9.25 Å². The van der Waals surface area contributed by atoms with Crippen molar-refractivity contribution in [2.45, 2.75) is 53.5 Å². The van der Waals surface area contributed by atoms with Crippen molar-refractivity contribution in [1.29, 1.82) is 0 Å². The molecule has 3 heterocycles. The van der Waals surface area contributed by atoms with Gasteiger partial charge in [0.15, 0.2) is 6.20 Å². The molecule has 0 aliphatic rings. The molecule has 0 fully saturated rings. The number of rotatable bonds is 2. The Hall–Kier alpha value is -3.64. The zero-order valence-electron chi connectivity index (χ0n) is 21.1. The van der Waals surface area contributed by atoms with E-state index in [1.165, 1.54) is 76.8 Å². The molecule has 3 aromatic carbocycles. The van der Waals surface area contributed by atoms with Crippen molar-refractivity contribution < 1.29 is 4.57 Å². The number of pyridine rings is 2. The SMILES string of the molecule is [C-]#[N+]C(C)(C)Cc1cc2cc[n+](C)c3c4c(C)c(C)cc(C)c4n4c5cc(C)ccc5c1c4c23. The summed E-state index contributed by atoms with van der Waals surface area (Å²) in [6.45, 7) is 20.8. The van der Waals surface area contributed by atoms with E-state index in [0.717, 1.165) is 6.42 Å². The first-order chi connectivity index (χ1) is 16.1.